The monoisotopic (exact) mass is 455 g/mol. The number of hydrogen-bond acceptors (Lipinski definition) is 3. The number of Topliss-reactive ketones (excluding diaryl/α,β-unsaturated/α-hetero) is 1. The van der Waals surface area contributed by atoms with E-state index in [9.17, 15) is 9.90 Å². The van der Waals surface area contributed by atoms with Crippen molar-refractivity contribution in [3.63, 3.8) is 0 Å². The molecule has 1 saturated carbocycles. The van der Waals surface area contributed by atoms with Crippen molar-refractivity contribution in [2.45, 2.75) is 52.6 Å². The van der Waals surface area contributed by atoms with Crippen molar-refractivity contribution in [1.82, 2.24) is 0 Å². The van der Waals surface area contributed by atoms with Crippen LogP contribution in [0, 0.1) is 11.8 Å². The van der Waals surface area contributed by atoms with E-state index in [1.54, 1.807) is 0 Å². The van der Waals surface area contributed by atoms with E-state index in [-0.39, 0.29) is 11.2 Å². The van der Waals surface area contributed by atoms with Gasteiger partial charge < -0.3 is 10.0 Å². The van der Waals surface area contributed by atoms with Crippen LogP contribution >= 0.6 is 0 Å². The second-order valence-corrected chi connectivity index (χ2v) is 10.8. The molecule has 2 unspecified atom stereocenters. The van der Waals surface area contributed by atoms with Crippen LogP contribution in [0.15, 0.2) is 65.9 Å². The van der Waals surface area contributed by atoms with Crippen molar-refractivity contribution in [2.75, 3.05) is 18.5 Å². The molecule has 176 valence electrons. The maximum absolute atomic E-state index is 13.6. The molecule has 0 amide bonds. The lowest BCUT2D eigenvalue weighted by atomic mass is 9.70. The maximum Gasteiger partial charge on any atom is 0.213 e. The zero-order valence-corrected chi connectivity index (χ0v) is 21.1. The topological polar surface area (TPSA) is 43.5 Å². The number of likely N-dealkylation sites (N-methyl/N-ethyl adjacent to an activating group) is 1. The van der Waals surface area contributed by atoms with E-state index >= 15 is 0 Å². The number of fused-ring (bicyclic) bond motifs is 2. The number of aliphatic hydroxyl groups excluding tert-OH is 1. The third-order valence-corrected chi connectivity index (χ3v) is 7.91. The summed E-state index contributed by atoms with van der Waals surface area (Å²) in [7, 11) is 2.05. The Morgan fingerprint density at radius 1 is 1.12 bits per heavy atom. The van der Waals surface area contributed by atoms with Gasteiger partial charge in [0.25, 0.3) is 0 Å². The molecule has 4 nitrogen and oxygen atoms in total. The third kappa shape index (κ3) is 3.23. The van der Waals surface area contributed by atoms with Gasteiger partial charge in [-0.3, -0.25) is 4.79 Å². The predicted molar refractivity (Wildman–Crippen MR) is 139 cm³/mol. The van der Waals surface area contributed by atoms with Crippen LogP contribution in [0.3, 0.4) is 0 Å². The SMILES string of the molecule is CC1=[N+](CCC(C)C)c2ccccc2C1=C1C(=O)C(C=C2N(C)c3ccccc3C2(C)C)C1O. The zero-order valence-electron chi connectivity index (χ0n) is 21.1. The first-order valence-electron chi connectivity index (χ1n) is 12.4. The highest BCUT2D eigenvalue weighted by Gasteiger charge is 2.50. The van der Waals surface area contributed by atoms with Crippen molar-refractivity contribution in [1.29, 1.82) is 0 Å². The molecule has 2 aromatic rings. The van der Waals surface area contributed by atoms with E-state index in [1.807, 2.05) is 31.3 Å². The molecule has 34 heavy (non-hydrogen) atoms. The number of benzene rings is 2. The molecule has 4 heteroatoms. The van der Waals surface area contributed by atoms with Gasteiger partial charge in [0.05, 0.1) is 23.2 Å². The minimum atomic E-state index is -0.795. The highest BCUT2D eigenvalue weighted by Crippen LogP contribution is 2.49. The van der Waals surface area contributed by atoms with Crippen molar-refractivity contribution >= 4 is 28.4 Å². The minimum Gasteiger partial charge on any atom is -0.387 e. The Morgan fingerprint density at radius 2 is 1.79 bits per heavy atom. The van der Waals surface area contributed by atoms with Crippen molar-refractivity contribution in [3.8, 4) is 0 Å². The Labute approximate surface area is 202 Å². The van der Waals surface area contributed by atoms with Crippen LogP contribution in [-0.2, 0) is 10.2 Å². The van der Waals surface area contributed by atoms with Crippen LogP contribution in [0.25, 0.3) is 5.57 Å². The molecule has 3 aliphatic rings. The number of aliphatic hydroxyl groups is 1. The molecule has 1 aliphatic carbocycles. The van der Waals surface area contributed by atoms with Crippen LogP contribution in [0.2, 0.25) is 0 Å². The lowest BCUT2D eigenvalue weighted by Gasteiger charge is -2.35. The second-order valence-electron chi connectivity index (χ2n) is 10.8. The first-order chi connectivity index (χ1) is 16.1. The first kappa shape index (κ1) is 22.8. The first-order valence-corrected chi connectivity index (χ1v) is 12.4. The van der Waals surface area contributed by atoms with Crippen molar-refractivity contribution < 1.29 is 14.5 Å². The molecule has 2 heterocycles. The predicted octanol–water partition coefficient (Wildman–Crippen LogP) is 5.48. The van der Waals surface area contributed by atoms with Gasteiger partial charge in [-0.1, -0.05) is 64.1 Å². The minimum absolute atomic E-state index is 0.0371. The molecule has 0 saturated heterocycles. The largest absolute Gasteiger partial charge is 0.387 e. The average molecular weight is 456 g/mol. The number of anilines is 1. The van der Waals surface area contributed by atoms with E-state index in [0.717, 1.165) is 46.9 Å². The van der Waals surface area contributed by atoms with E-state index < -0.39 is 12.0 Å². The van der Waals surface area contributed by atoms with E-state index in [1.165, 1.54) is 5.56 Å². The summed E-state index contributed by atoms with van der Waals surface area (Å²) >= 11 is 0. The average Bonchev–Trinajstić information content (AvgIpc) is 3.19. The highest BCUT2D eigenvalue weighted by atomic mass is 16.3. The lowest BCUT2D eigenvalue weighted by Crippen LogP contribution is -2.46. The molecule has 5 rings (SSSR count). The molecule has 1 N–H and O–H groups in total. The van der Waals surface area contributed by atoms with E-state index in [4.69, 9.17) is 0 Å². The molecule has 0 radical (unpaired) electrons. The summed E-state index contributed by atoms with van der Waals surface area (Å²) in [5.74, 6) is 0.118. The molecule has 2 atom stereocenters. The lowest BCUT2D eigenvalue weighted by molar-refractivity contribution is -0.439. The Balaban J connectivity index is 1.53. The molecular formula is C30H35N2O2+. The number of carbonyl (C=O) groups excluding carboxylic acids is 1. The van der Waals surface area contributed by atoms with Crippen molar-refractivity contribution in [2.24, 2.45) is 11.8 Å². The molecule has 0 spiro atoms. The quantitative estimate of drug-likeness (QED) is 0.491. The highest BCUT2D eigenvalue weighted by molar-refractivity contribution is 6.32. The zero-order chi connectivity index (χ0) is 24.4. The number of allylic oxidation sites excluding steroid dienone is 2. The number of para-hydroxylation sites is 2. The maximum atomic E-state index is 13.6. The normalized spacial score (nSPS) is 26.4. The van der Waals surface area contributed by atoms with Gasteiger partial charge in [-0.2, -0.15) is 4.58 Å². The van der Waals surface area contributed by atoms with Crippen LogP contribution in [0.4, 0.5) is 11.4 Å². The number of ketones is 1. The number of nitrogens with zero attached hydrogens (tertiary/aromatic N) is 2. The summed E-state index contributed by atoms with van der Waals surface area (Å²) in [4.78, 5) is 15.7. The molecular weight excluding hydrogens is 420 g/mol. The van der Waals surface area contributed by atoms with Crippen LogP contribution in [0.5, 0.6) is 0 Å². The van der Waals surface area contributed by atoms with E-state index in [2.05, 4.69) is 74.4 Å². The standard InChI is InChI=1S/C30H35N2O2/c1-18(2)15-16-32-19(3)26(20-11-7-9-13-23(20)32)27-28(33)21(29(27)34)17-25-30(4,5)22-12-8-10-14-24(22)31(25)6/h7-14,17-18,21,28,33H,15-16H2,1-6H3/q+1. The van der Waals surface area contributed by atoms with E-state index in [0.29, 0.717) is 11.5 Å². The number of rotatable bonds is 4. The number of hydrogen-bond donors (Lipinski definition) is 1. The molecule has 1 fully saturated rings. The summed E-state index contributed by atoms with van der Waals surface area (Å²) in [5, 5.41) is 11.3. The second kappa shape index (κ2) is 8.06. The fourth-order valence-corrected chi connectivity index (χ4v) is 5.91. The van der Waals surface area contributed by atoms with Crippen molar-refractivity contribution in [3.05, 3.63) is 77.0 Å². The Bertz CT molecular complexity index is 1280. The van der Waals surface area contributed by atoms with Crippen LogP contribution < -0.4 is 4.90 Å². The summed E-state index contributed by atoms with van der Waals surface area (Å²) in [6.45, 7) is 11.8. The molecule has 2 aromatic carbocycles. The molecule has 0 bridgehead atoms. The Kier molecular flexibility index (Phi) is 5.40. The fourth-order valence-electron chi connectivity index (χ4n) is 5.91. The summed E-state index contributed by atoms with van der Waals surface area (Å²) in [5.41, 5.74) is 8.02. The smallest absolute Gasteiger partial charge is 0.213 e. The summed E-state index contributed by atoms with van der Waals surface area (Å²) in [6.07, 6.45) is 2.28. The Hall–Kier alpha value is -2.98. The van der Waals surface area contributed by atoms with Gasteiger partial charge in [0.15, 0.2) is 11.5 Å². The third-order valence-electron chi connectivity index (χ3n) is 7.91. The summed E-state index contributed by atoms with van der Waals surface area (Å²) < 4.78 is 2.31. The summed E-state index contributed by atoms with van der Waals surface area (Å²) in [6, 6.07) is 16.6. The van der Waals surface area contributed by atoms with Gasteiger partial charge in [0.2, 0.25) is 5.69 Å². The number of carbonyl (C=O) groups is 1. The fraction of sp³-hybridized carbons (Fsp3) is 0.400. The van der Waals surface area contributed by atoms with Gasteiger partial charge in [-0.25, -0.2) is 0 Å². The van der Waals surface area contributed by atoms with Gasteiger partial charge in [0, 0.05) is 48.8 Å². The molecule has 2 aliphatic heterocycles. The van der Waals surface area contributed by atoms with Gasteiger partial charge in [0.1, 0.15) is 6.54 Å². The van der Waals surface area contributed by atoms with Crippen LogP contribution in [-0.4, -0.2) is 40.9 Å². The Morgan fingerprint density at radius 3 is 2.47 bits per heavy atom. The van der Waals surface area contributed by atoms with Gasteiger partial charge >= 0.3 is 0 Å². The molecule has 0 aromatic heterocycles. The van der Waals surface area contributed by atoms with Gasteiger partial charge in [-0.15, -0.1) is 0 Å². The van der Waals surface area contributed by atoms with Gasteiger partial charge in [-0.05, 0) is 23.6 Å². The van der Waals surface area contributed by atoms with Crippen LogP contribution in [0.1, 0.15) is 52.2 Å².